The summed E-state index contributed by atoms with van der Waals surface area (Å²) in [6.45, 7) is 0.453. The van der Waals surface area contributed by atoms with E-state index in [1.807, 2.05) is 17.0 Å². The van der Waals surface area contributed by atoms with E-state index < -0.39 is 11.9 Å². The summed E-state index contributed by atoms with van der Waals surface area (Å²) in [6, 6.07) is 8.52. The van der Waals surface area contributed by atoms with Crippen LogP contribution in [0.5, 0.6) is 0 Å². The van der Waals surface area contributed by atoms with Gasteiger partial charge in [0.2, 0.25) is 0 Å². The molecule has 3 rings (SSSR count). The number of hydrogen-bond donors (Lipinski definition) is 0. The maximum absolute atomic E-state index is 11.2. The Morgan fingerprint density at radius 2 is 1.53 bits per heavy atom. The van der Waals surface area contributed by atoms with Gasteiger partial charge >= 0.3 is 11.9 Å². The van der Waals surface area contributed by atoms with E-state index in [9.17, 15) is 9.59 Å². The minimum absolute atomic E-state index is 0.227. The van der Waals surface area contributed by atoms with Gasteiger partial charge in [0, 0.05) is 6.04 Å². The van der Waals surface area contributed by atoms with Gasteiger partial charge in [-0.3, -0.25) is 14.5 Å². The van der Waals surface area contributed by atoms with Gasteiger partial charge in [-0.25, -0.2) is 0 Å². The molecule has 0 aromatic heterocycles. The summed E-state index contributed by atoms with van der Waals surface area (Å²) in [7, 11) is 0. The summed E-state index contributed by atoms with van der Waals surface area (Å²) in [5.74, 6) is -0.866. The van der Waals surface area contributed by atoms with E-state index >= 15 is 0 Å². The number of cyclic esters (lactones) is 2. The molecule has 1 aromatic rings. The number of carbonyl (C=O) groups excluding carboxylic acids is 2. The van der Waals surface area contributed by atoms with Crippen LogP contribution in [0, 0.1) is 0 Å². The van der Waals surface area contributed by atoms with Crippen LogP contribution in [0.1, 0.15) is 11.1 Å². The highest BCUT2D eigenvalue weighted by Crippen LogP contribution is 2.25. The number of fused-ring (bicyclic) bond motifs is 1. The fourth-order valence-corrected chi connectivity index (χ4v) is 2.63. The fraction of sp³-hybridized carbons (Fsp3) is 0.385. The molecule has 0 amide bonds. The van der Waals surface area contributed by atoms with Crippen LogP contribution in [0.15, 0.2) is 24.3 Å². The standard InChI is InChI=1S/C13H13NO3/c15-12-7-14(8-13(16)17-12)11-5-9-3-1-2-4-10(9)6-11/h1-4,11H,5-8H2. The molecule has 17 heavy (non-hydrogen) atoms. The lowest BCUT2D eigenvalue weighted by atomic mass is 10.1. The van der Waals surface area contributed by atoms with Crippen LogP contribution in [0.4, 0.5) is 0 Å². The third kappa shape index (κ3) is 1.96. The highest BCUT2D eigenvalue weighted by atomic mass is 16.6. The molecule has 1 fully saturated rings. The van der Waals surface area contributed by atoms with Crippen LogP contribution in [-0.2, 0) is 27.2 Å². The number of benzene rings is 1. The quantitative estimate of drug-likeness (QED) is 0.523. The number of esters is 2. The molecule has 0 radical (unpaired) electrons. The first kappa shape index (κ1) is 10.5. The molecule has 0 spiro atoms. The van der Waals surface area contributed by atoms with Crippen molar-refractivity contribution in [1.29, 1.82) is 0 Å². The molecule has 0 unspecified atom stereocenters. The fourth-order valence-electron chi connectivity index (χ4n) is 2.63. The topological polar surface area (TPSA) is 46.6 Å². The van der Waals surface area contributed by atoms with Gasteiger partial charge in [-0.15, -0.1) is 0 Å². The lowest BCUT2D eigenvalue weighted by Gasteiger charge is -2.29. The Bertz CT molecular complexity index is 442. The second-order valence-electron chi connectivity index (χ2n) is 4.58. The normalized spacial score (nSPS) is 21.4. The SMILES string of the molecule is O=C1CN(C2Cc3ccccc3C2)CC(=O)O1. The molecule has 0 saturated carbocycles. The van der Waals surface area contributed by atoms with Crippen molar-refractivity contribution in [2.45, 2.75) is 18.9 Å². The monoisotopic (exact) mass is 231 g/mol. The molecule has 1 saturated heterocycles. The Labute approximate surface area is 99.2 Å². The highest BCUT2D eigenvalue weighted by molar-refractivity contribution is 5.90. The summed E-state index contributed by atoms with van der Waals surface area (Å²) in [4.78, 5) is 24.4. The summed E-state index contributed by atoms with van der Waals surface area (Å²) in [5, 5.41) is 0. The molecule has 4 nitrogen and oxygen atoms in total. The maximum Gasteiger partial charge on any atom is 0.327 e. The molecule has 88 valence electrons. The zero-order valence-corrected chi connectivity index (χ0v) is 9.39. The van der Waals surface area contributed by atoms with Crippen molar-refractivity contribution >= 4 is 11.9 Å². The van der Waals surface area contributed by atoms with Gasteiger partial charge in [0.15, 0.2) is 0 Å². The Kier molecular flexibility index (Phi) is 2.44. The van der Waals surface area contributed by atoms with E-state index in [1.165, 1.54) is 11.1 Å². The van der Waals surface area contributed by atoms with Crippen LogP contribution in [-0.4, -0.2) is 36.0 Å². The Hall–Kier alpha value is -1.68. The number of hydrogen-bond acceptors (Lipinski definition) is 4. The number of nitrogens with zero attached hydrogens (tertiary/aromatic N) is 1. The lowest BCUT2D eigenvalue weighted by molar-refractivity contribution is -0.167. The van der Waals surface area contributed by atoms with Gasteiger partial charge < -0.3 is 4.74 Å². The summed E-state index contributed by atoms with van der Waals surface area (Å²) in [6.07, 6.45) is 1.83. The molecule has 1 heterocycles. The van der Waals surface area contributed by atoms with Crippen LogP contribution < -0.4 is 0 Å². The smallest absolute Gasteiger partial charge is 0.327 e. The first-order valence-corrected chi connectivity index (χ1v) is 5.77. The third-order valence-corrected chi connectivity index (χ3v) is 3.44. The number of ether oxygens (including phenoxy) is 1. The molecular formula is C13H13NO3. The van der Waals surface area contributed by atoms with Gasteiger partial charge in [0.25, 0.3) is 0 Å². The van der Waals surface area contributed by atoms with E-state index in [0.717, 1.165) is 12.8 Å². The molecule has 0 N–H and O–H groups in total. The molecular weight excluding hydrogens is 218 g/mol. The molecule has 1 aromatic carbocycles. The average molecular weight is 231 g/mol. The number of morpholine rings is 1. The van der Waals surface area contributed by atoms with Crippen molar-refractivity contribution in [2.75, 3.05) is 13.1 Å². The number of rotatable bonds is 1. The van der Waals surface area contributed by atoms with Gasteiger partial charge in [-0.05, 0) is 24.0 Å². The van der Waals surface area contributed by atoms with E-state index in [0.29, 0.717) is 0 Å². The Morgan fingerprint density at radius 3 is 2.06 bits per heavy atom. The van der Waals surface area contributed by atoms with Crippen LogP contribution >= 0.6 is 0 Å². The first-order valence-electron chi connectivity index (χ1n) is 5.77. The minimum Gasteiger partial charge on any atom is -0.391 e. The van der Waals surface area contributed by atoms with Crippen LogP contribution in [0.2, 0.25) is 0 Å². The Morgan fingerprint density at radius 1 is 1.00 bits per heavy atom. The third-order valence-electron chi connectivity index (χ3n) is 3.44. The lowest BCUT2D eigenvalue weighted by Crippen LogP contribution is -2.48. The van der Waals surface area contributed by atoms with E-state index in [1.54, 1.807) is 0 Å². The maximum atomic E-state index is 11.2. The Balaban J connectivity index is 1.76. The van der Waals surface area contributed by atoms with E-state index in [4.69, 9.17) is 0 Å². The molecule has 1 aliphatic carbocycles. The summed E-state index contributed by atoms with van der Waals surface area (Å²) < 4.78 is 4.53. The second-order valence-corrected chi connectivity index (χ2v) is 4.58. The summed E-state index contributed by atoms with van der Waals surface area (Å²) in [5.41, 5.74) is 2.65. The largest absolute Gasteiger partial charge is 0.391 e. The summed E-state index contributed by atoms with van der Waals surface area (Å²) >= 11 is 0. The van der Waals surface area contributed by atoms with Gasteiger partial charge in [0.1, 0.15) is 0 Å². The van der Waals surface area contributed by atoms with Crippen molar-refractivity contribution in [3.05, 3.63) is 35.4 Å². The zero-order valence-electron chi connectivity index (χ0n) is 9.39. The van der Waals surface area contributed by atoms with Gasteiger partial charge in [-0.1, -0.05) is 24.3 Å². The predicted octanol–water partition coefficient (Wildman–Crippen LogP) is 0.539. The van der Waals surface area contributed by atoms with Crippen molar-refractivity contribution in [3.8, 4) is 0 Å². The minimum atomic E-state index is -0.433. The molecule has 0 atom stereocenters. The van der Waals surface area contributed by atoms with Crippen molar-refractivity contribution < 1.29 is 14.3 Å². The molecule has 4 heteroatoms. The van der Waals surface area contributed by atoms with Crippen molar-refractivity contribution in [2.24, 2.45) is 0 Å². The van der Waals surface area contributed by atoms with Gasteiger partial charge in [-0.2, -0.15) is 0 Å². The van der Waals surface area contributed by atoms with Crippen LogP contribution in [0.25, 0.3) is 0 Å². The highest BCUT2D eigenvalue weighted by Gasteiger charge is 2.33. The van der Waals surface area contributed by atoms with E-state index in [-0.39, 0.29) is 19.1 Å². The van der Waals surface area contributed by atoms with Crippen LogP contribution in [0.3, 0.4) is 0 Å². The second kappa shape index (κ2) is 3.96. The molecule has 1 aliphatic heterocycles. The van der Waals surface area contributed by atoms with Crippen molar-refractivity contribution in [3.63, 3.8) is 0 Å². The average Bonchev–Trinajstić information content (AvgIpc) is 2.71. The number of carbonyl (C=O) groups is 2. The predicted molar refractivity (Wildman–Crippen MR) is 60.3 cm³/mol. The van der Waals surface area contributed by atoms with Crippen molar-refractivity contribution in [1.82, 2.24) is 4.90 Å². The van der Waals surface area contributed by atoms with E-state index in [2.05, 4.69) is 16.9 Å². The first-order chi connectivity index (χ1) is 8.22. The van der Waals surface area contributed by atoms with Gasteiger partial charge in [0.05, 0.1) is 13.1 Å². The molecule has 2 aliphatic rings. The zero-order chi connectivity index (χ0) is 11.8. The molecule has 0 bridgehead atoms.